The van der Waals surface area contributed by atoms with E-state index in [0.717, 1.165) is 11.1 Å². The molecule has 1 aliphatic rings. The van der Waals surface area contributed by atoms with Gasteiger partial charge in [0.15, 0.2) is 0 Å². The van der Waals surface area contributed by atoms with Crippen LogP contribution in [0.25, 0.3) is 0 Å². The predicted octanol–water partition coefficient (Wildman–Crippen LogP) is 4.57. The molecule has 1 aliphatic heterocycles. The van der Waals surface area contributed by atoms with Crippen molar-refractivity contribution in [3.63, 3.8) is 0 Å². The molecule has 2 aromatic carbocycles. The quantitative estimate of drug-likeness (QED) is 0.813. The molecule has 0 bridgehead atoms. The average molecular weight is 308 g/mol. The maximum Gasteiger partial charge on any atom is 0.301 e. The molecule has 0 spiro atoms. The highest BCUT2D eigenvalue weighted by molar-refractivity contribution is 6.31. The van der Waals surface area contributed by atoms with Crippen molar-refractivity contribution in [2.45, 2.75) is 12.7 Å². The van der Waals surface area contributed by atoms with Crippen LogP contribution in [0, 0.1) is 0 Å². The lowest BCUT2D eigenvalue weighted by Gasteiger charge is -2.21. The summed E-state index contributed by atoms with van der Waals surface area (Å²) in [5, 5.41) is 5.28. The molecule has 0 fully saturated rings. The molecule has 0 radical (unpaired) electrons. The Bertz CT molecular complexity index is 670. The van der Waals surface area contributed by atoms with E-state index in [-0.39, 0.29) is 0 Å². The third-order valence-corrected chi connectivity index (χ3v) is 3.52. The van der Waals surface area contributed by atoms with Gasteiger partial charge in [0.05, 0.1) is 0 Å². The summed E-state index contributed by atoms with van der Waals surface area (Å²) < 4.78 is 5.84. The second-order valence-electron chi connectivity index (χ2n) is 4.55. The first kappa shape index (κ1) is 13.3. The molecule has 2 aromatic rings. The molecule has 3 nitrogen and oxygen atoms in total. The van der Waals surface area contributed by atoms with E-state index in [1.165, 1.54) is 0 Å². The number of hydrogen-bond acceptors (Lipinski definition) is 3. The van der Waals surface area contributed by atoms with E-state index >= 15 is 0 Å². The molecule has 5 heteroatoms. The maximum atomic E-state index is 5.96. The van der Waals surface area contributed by atoms with E-state index in [9.17, 15) is 0 Å². The van der Waals surface area contributed by atoms with Gasteiger partial charge in [-0.3, -0.25) is 0 Å². The molecule has 1 unspecified atom stereocenters. The molecule has 102 valence electrons. The summed E-state index contributed by atoms with van der Waals surface area (Å²) in [5.74, 6) is -0.549. The van der Waals surface area contributed by atoms with Gasteiger partial charge < -0.3 is 9.57 Å². The second-order valence-corrected chi connectivity index (χ2v) is 5.43. The molecule has 20 heavy (non-hydrogen) atoms. The minimum Gasteiger partial charge on any atom is -0.426 e. The molecular weight excluding hydrogens is 297 g/mol. The number of hydrogen-bond donors (Lipinski definition) is 0. The highest BCUT2D eigenvalue weighted by Crippen LogP contribution is 2.34. The van der Waals surface area contributed by atoms with Crippen molar-refractivity contribution in [1.82, 2.24) is 0 Å². The topological polar surface area (TPSA) is 30.8 Å². The minimum atomic E-state index is -0.956. The first-order valence-corrected chi connectivity index (χ1v) is 6.80. The van der Waals surface area contributed by atoms with E-state index in [4.69, 9.17) is 32.8 Å². The van der Waals surface area contributed by atoms with Crippen LogP contribution in [-0.4, -0.2) is 5.90 Å². The summed E-state index contributed by atoms with van der Waals surface area (Å²) in [4.78, 5) is 5.45. The summed E-state index contributed by atoms with van der Waals surface area (Å²) in [6, 6.07) is 14.5. The summed E-state index contributed by atoms with van der Waals surface area (Å²) in [6.07, 6.45) is 0. The highest BCUT2D eigenvalue weighted by Gasteiger charge is 2.38. The molecular formula is C15H11Cl2NO2. The molecule has 0 saturated carbocycles. The summed E-state index contributed by atoms with van der Waals surface area (Å²) >= 11 is 11.8. The lowest BCUT2D eigenvalue weighted by atomic mass is 10.1. The van der Waals surface area contributed by atoms with Crippen LogP contribution in [0.4, 0.5) is 0 Å². The fraction of sp³-hybridized carbons (Fsp3) is 0.133. The third-order valence-electron chi connectivity index (χ3n) is 3.03. The van der Waals surface area contributed by atoms with Crippen LogP contribution < -0.4 is 0 Å². The predicted molar refractivity (Wildman–Crippen MR) is 79.0 cm³/mol. The average Bonchev–Trinajstić information content (AvgIpc) is 2.83. The Morgan fingerprint density at radius 3 is 2.45 bits per heavy atom. The minimum absolute atomic E-state index is 0.407. The molecule has 3 rings (SSSR count). The number of benzene rings is 2. The molecule has 0 aromatic heterocycles. The largest absolute Gasteiger partial charge is 0.426 e. The zero-order chi connectivity index (χ0) is 14.2. The Balaban J connectivity index is 1.86. The first-order valence-electron chi connectivity index (χ1n) is 6.04. The van der Waals surface area contributed by atoms with Crippen molar-refractivity contribution >= 4 is 29.1 Å². The standard InChI is InChI=1S/C15H11Cl2NO2/c1-15(11-5-7-12(16)8-6-11)19-14(18-20-15)10-3-2-4-13(17)9-10/h2-9H,1H3. The molecule has 1 heterocycles. The molecule has 1 atom stereocenters. The van der Waals surface area contributed by atoms with Gasteiger partial charge in [-0.25, -0.2) is 0 Å². The van der Waals surface area contributed by atoms with Gasteiger partial charge in [0.2, 0.25) is 0 Å². The van der Waals surface area contributed by atoms with Gasteiger partial charge in [-0.15, -0.1) is 0 Å². The van der Waals surface area contributed by atoms with Crippen molar-refractivity contribution in [3.05, 3.63) is 69.7 Å². The van der Waals surface area contributed by atoms with E-state index < -0.39 is 5.79 Å². The van der Waals surface area contributed by atoms with Crippen molar-refractivity contribution in [2.75, 3.05) is 0 Å². The lowest BCUT2D eigenvalue weighted by Crippen LogP contribution is -2.25. The number of nitrogens with zero attached hydrogens (tertiary/aromatic N) is 1. The normalized spacial score (nSPS) is 21.1. The molecule has 0 amide bonds. The summed E-state index contributed by atoms with van der Waals surface area (Å²) in [7, 11) is 0. The zero-order valence-corrected chi connectivity index (χ0v) is 12.2. The first-order chi connectivity index (χ1) is 9.57. The van der Waals surface area contributed by atoms with E-state index in [1.807, 2.05) is 24.3 Å². The van der Waals surface area contributed by atoms with Crippen molar-refractivity contribution in [3.8, 4) is 0 Å². The van der Waals surface area contributed by atoms with Gasteiger partial charge >= 0.3 is 5.79 Å². The second kappa shape index (κ2) is 5.00. The van der Waals surface area contributed by atoms with Crippen molar-refractivity contribution in [2.24, 2.45) is 5.16 Å². The zero-order valence-electron chi connectivity index (χ0n) is 10.6. The molecule has 0 N–H and O–H groups in total. The van der Waals surface area contributed by atoms with Crippen LogP contribution >= 0.6 is 23.2 Å². The Morgan fingerprint density at radius 2 is 1.75 bits per heavy atom. The van der Waals surface area contributed by atoms with Gasteiger partial charge in [-0.05, 0) is 47.6 Å². The fourth-order valence-corrected chi connectivity index (χ4v) is 2.26. The van der Waals surface area contributed by atoms with Gasteiger partial charge in [0.1, 0.15) is 0 Å². The molecule has 0 saturated heterocycles. The lowest BCUT2D eigenvalue weighted by molar-refractivity contribution is -0.152. The van der Waals surface area contributed by atoms with Crippen LogP contribution in [0.1, 0.15) is 18.1 Å². The Morgan fingerprint density at radius 1 is 1.00 bits per heavy atom. The van der Waals surface area contributed by atoms with Gasteiger partial charge in [0.25, 0.3) is 5.90 Å². The Hall–Kier alpha value is -1.71. The van der Waals surface area contributed by atoms with Crippen LogP contribution in [0.2, 0.25) is 10.0 Å². The monoisotopic (exact) mass is 307 g/mol. The smallest absolute Gasteiger partial charge is 0.301 e. The van der Waals surface area contributed by atoms with Crippen LogP contribution in [0.3, 0.4) is 0 Å². The summed E-state index contributed by atoms with van der Waals surface area (Å²) in [6.45, 7) is 1.80. The van der Waals surface area contributed by atoms with Gasteiger partial charge in [-0.1, -0.05) is 29.3 Å². The van der Waals surface area contributed by atoms with Crippen molar-refractivity contribution < 1.29 is 9.57 Å². The van der Waals surface area contributed by atoms with E-state index in [1.54, 1.807) is 31.2 Å². The SMILES string of the molecule is CC1(c2ccc(Cl)cc2)ON=C(c2cccc(Cl)c2)O1. The number of ether oxygens (including phenoxy) is 1. The van der Waals surface area contributed by atoms with Gasteiger partial charge in [0, 0.05) is 28.1 Å². The number of rotatable bonds is 2. The van der Waals surface area contributed by atoms with Crippen LogP contribution in [0.15, 0.2) is 53.7 Å². The fourth-order valence-electron chi connectivity index (χ4n) is 1.95. The van der Waals surface area contributed by atoms with Gasteiger partial charge in [-0.2, -0.15) is 0 Å². The highest BCUT2D eigenvalue weighted by atomic mass is 35.5. The maximum absolute atomic E-state index is 5.96. The number of oxime groups is 1. The van der Waals surface area contributed by atoms with Crippen LogP contribution in [-0.2, 0) is 15.4 Å². The summed E-state index contributed by atoms with van der Waals surface area (Å²) in [5.41, 5.74) is 1.61. The van der Waals surface area contributed by atoms with E-state index in [2.05, 4.69) is 5.16 Å². The Labute approximate surface area is 126 Å². The molecule has 0 aliphatic carbocycles. The van der Waals surface area contributed by atoms with E-state index in [0.29, 0.717) is 15.9 Å². The van der Waals surface area contributed by atoms with Crippen LogP contribution in [0.5, 0.6) is 0 Å². The number of halogens is 2. The van der Waals surface area contributed by atoms with Crippen molar-refractivity contribution in [1.29, 1.82) is 0 Å². The third kappa shape index (κ3) is 2.47. The Kier molecular flexibility index (Phi) is 3.32.